The molecule has 2 rings (SSSR count). The Balaban J connectivity index is 2.42. The Morgan fingerprint density at radius 2 is 2.24 bits per heavy atom. The Labute approximate surface area is 101 Å². The molecule has 3 nitrogen and oxygen atoms in total. The second-order valence-corrected chi connectivity index (χ2v) is 4.66. The SMILES string of the molecule is CCN1C(N)=NCC1(C)c1ccc(C)c(F)c1. The Morgan fingerprint density at radius 1 is 1.53 bits per heavy atom. The molecule has 0 amide bonds. The number of aryl methyl sites for hydroxylation is 1. The zero-order valence-corrected chi connectivity index (χ0v) is 10.5. The maximum absolute atomic E-state index is 13.6. The fourth-order valence-electron chi connectivity index (χ4n) is 2.34. The van der Waals surface area contributed by atoms with Crippen molar-refractivity contribution >= 4 is 5.96 Å². The van der Waals surface area contributed by atoms with Crippen LogP contribution in [0.1, 0.15) is 25.0 Å². The highest BCUT2D eigenvalue weighted by Gasteiger charge is 2.38. The fraction of sp³-hybridized carbons (Fsp3) is 0.462. The molecule has 0 saturated carbocycles. The molecule has 0 bridgehead atoms. The molecular weight excluding hydrogens is 217 g/mol. The van der Waals surface area contributed by atoms with E-state index in [-0.39, 0.29) is 11.4 Å². The summed E-state index contributed by atoms with van der Waals surface area (Å²) in [6, 6.07) is 5.35. The van der Waals surface area contributed by atoms with Crippen LogP contribution in [-0.4, -0.2) is 23.9 Å². The van der Waals surface area contributed by atoms with E-state index in [1.807, 2.05) is 24.8 Å². The lowest BCUT2D eigenvalue weighted by Gasteiger charge is -2.36. The van der Waals surface area contributed by atoms with Gasteiger partial charge in [-0.2, -0.15) is 0 Å². The monoisotopic (exact) mass is 235 g/mol. The van der Waals surface area contributed by atoms with Crippen LogP contribution < -0.4 is 5.73 Å². The standard InChI is InChI=1S/C13H18FN3/c1-4-17-12(15)16-8-13(17,3)10-6-5-9(2)11(14)7-10/h5-7H,4,8H2,1-3H3,(H2,15,16). The van der Waals surface area contributed by atoms with E-state index in [9.17, 15) is 4.39 Å². The third kappa shape index (κ3) is 1.77. The van der Waals surface area contributed by atoms with Crippen LogP contribution in [0.3, 0.4) is 0 Å². The fourth-order valence-corrected chi connectivity index (χ4v) is 2.34. The minimum absolute atomic E-state index is 0.176. The summed E-state index contributed by atoms with van der Waals surface area (Å²) in [6.45, 7) is 7.18. The predicted molar refractivity (Wildman–Crippen MR) is 67.4 cm³/mol. The normalized spacial score (nSPS) is 24.0. The minimum Gasteiger partial charge on any atom is -0.370 e. The molecule has 0 fully saturated rings. The van der Waals surface area contributed by atoms with Crippen molar-refractivity contribution in [3.8, 4) is 0 Å². The van der Waals surface area contributed by atoms with Crippen LogP contribution in [0.2, 0.25) is 0 Å². The molecule has 0 saturated heterocycles. The van der Waals surface area contributed by atoms with Gasteiger partial charge in [0.15, 0.2) is 5.96 Å². The van der Waals surface area contributed by atoms with Crippen molar-refractivity contribution in [2.24, 2.45) is 10.7 Å². The molecule has 1 atom stereocenters. The summed E-state index contributed by atoms with van der Waals surface area (Å²) >= 11 is 0. The summed E-state index contributed by atoms with van der Waals surface area (Å²) in [5, 5.41) is 0. The number of likely N-dealkylation sites (N-methyl/N-ethyl adjacent to an activating group) is 1. The molecule has 0 spiro atoms. The number of hydrogen-bond acceptors (Lipinski definition) is 3. The number of halogens is 1. The number of aliphatic imine (C=N–C) groups is 1. The van der Waals surface area contributed by atoms with Gasteiger partial charge in [0.25, 0.3) is 0 Å². The first kappa shape index (κ1) is 11.9. The molecule has 1 heterocycles. The van der Waals surface area contributed by atoms with Gasteiger partial charge in [-0.05, 0) is 38.0 Å². The molecule has 2 N–H and O–H groups in total. The summed E-state index contributed by atoms with van der Waals surface area (Å²) in [7, 11) is 0. The van der Waals surface area contributed by atoms with Crippen molar-refractivity contribution in [1.82, 2.24) is 4.90 Å². The number of rotatable bonds is 2. The van der Waals surface area contributed by atoms with E-state index in [4.69, 9.17) is 5.73 Å². The van der Waals surface area contributed by atoms with E-state index < -0.39 is 0 Å². The number of hydrogen-bond donors (Lipinski definition) is 1. The Hall–Kier alpha value is -1.58. The third-order valence-electron chi connectivity index (χ3n) is 3.53. The van der Waals surface area contributed by atoms with E-state index in [1.54, 1.807) is 19.1 Å². The highest BCUT2D eigenvalue weighted by molar-refractivity contribution is 5.81. The van der Waals surface area contributed by atoms with Gasteiger partial charge in [-0.1, -0.05) is 12.1 Å². The average Bonchev–Trinajstić information content (AvgIpc) is 2.59. The number of benzene rings is 1. The lowest BCUT2D eigenvalue weighted by molar-refractivity contribution is 0.234. The molecule has 1 aliphatic rings. The van der Waals surface area contributed by atoms with Gasteiger partial charge in [0.1, 0.15) is 5.82 Å². The number of nitrogens with two attached hydrogens (primary N) is 1. The lowest BCUT2D eigenvalue weighted by Crippen LogP contribution is -2.47. The summed E-state index contributed by atoms with van der Waals surface area (Å²) in [4.78, 5) is 6.28. The number of guanidine groups is 1. The maximum Gasteiger partial charge on any atom is 0.192 e. The summed E-state index contributed by atoms with van der Waals surface area (Å²) in [5.41, 5.74) is 7.11. The molecule has 1 aromatic rings. The largest absolute Gasteiger partial charge is 0.370 e. The van der Waals surface area contributed by atoms with Crippen LogP contribution >= 0.6 is 0 Å². The van der Waals surface area contributed by atoms with Crippen molar-refractivity contribution in [3.63, 3.8) is 0 Å². The zero-order valence-electron chi connectivity index (χ0n) is 10.5. The molecule has 0 aliphatic carbocycles. The second-order valence-electron chi connectivity index (χ2n) is 4.66. The summed E-state index contributed by atoms with van der Waals surface area (Å²) in [6.07, 6.45) is 0. The Kier molecular flexibility index (Phi) is 2.81. The molecule has 4 heteroatoms. The first-order chi connectivity index (χ1) is 7.99. The Morgan fingerprint density at radius 3 is 2.82 bits per heavy atom. The van der Waals surface area contributed by atoms with E-state index >= 15 is 0 Å². The second kappa shape index (κ2) is 4.02. The van der Waals surface area contributed by atoms with Gasteiger partial charge in [-0.15, -0.1) is 0 Å². The van der Waals surface area contributed by atoms with Gasteiger partial charge in [0.2, 0.25) is 0 Å². The van der Waals surface area contributed by atoms with Gasteiger partial charge in [0, 0.05) is 6.54 Å². The molecule has 0 radical (unpaired) electrons. The molecule has 92 valence electrons. The van der Waals surface area contributed by atoms with Gasteiger partial charge >= 0.3 is 0 Å². The lowest BCUT2D eigenvalue weighted by atomic mass is 9.90. The first-order valence-electron chi connectivity index (χ1n) is 5.83. The molecule has 17 heavy (non-hydrogen) atoms. The van der Waals surface area contributed by atoms with E-state index in [0.29, 0.717) is 18.1 Å². The third-order valence-corrected chi connectivity index (χ3v) is 3.53. The van der Waals surface area contributed by atoms with Gasteiger partial charge < -0.3 is 10.6 Å². The minimum atomic E-state index is -0.326. The predicted octanol–water partition coefficient (Wildman–Crippen LogP) is 2.00. The van der Waals surface area contributed by atoms with E-state index in [1.165, 1.54) is 0 Å². The van der Waals surface area contributed by atoms with Crippen LogP contribution in [0, 0.1) is 12.7 Å². The topological polar surface area (TPSA) is 41.6 Å². The molecule has 1 aromatic carbocycles. The van der Waals surface area contributed by atoms with Crippen LogP contribution in [0.25, 0.3) is 0 Å². The molecule has 1 unspecified atom stereocenters. The van der Waals surface area contributed by atoms with Crippen LogP contribution in [0.4, 0.5) is 4.39 Å². The van der Waals surface area contributed by atoms with Gasteiger partial charge in [-0.3, -0.25) is 4.99 Å². The van der Waals surface area contributed by atoms with Crippen molar-refractivity contribution in [1.29, 1.82) is 0 Å². The highest BCUT2D eigenvalue weighted by atomic mass is 19.1. The summed E-state index contributed by atoms with van der Waals surface area (Å²) < 4.78 is 13.6. The molecule has 1 aliphatic heterocycles. The van der Waals surface area contributed by atoms with E-state index in [2.05, 4.69) is 4.99 Å². The van der Waals surface area contributed by atoms with Gasteiger partial charge in [0.05, 0.1) is 12.1 Å². The van der Waals surface area contributed by atoms with Crippen LogP contribution in [0.15, 0.2) is 23.2 Å². The van der Waals surface area contributed by atoms with Crippen LogP contribution in [0.5, 0.6) is 0 Å². The van der Waals surface area contributed by atoms with Crippen molar-refractivity contribution in [3.05, 3.63) is 35.1 Å². The maximum atomic E-state index is 13.6. The van der Waals surface area contributed by atoms with Crippen LogP contribution in [-0.2, 0) is 5.54 Å². The first-order valence-corrected chi connectivity index (χ1v) is 5.83. The van der Waals surface area contributed by atoms with Crippen molar-refractivity contribution in [2.45, 2.75) is 26.3 Å². The van der Waals surface area contributed by atoms with Crippen molar-refractivity contribution < 1.29 is 4.39 Å². The summed E-state index contributed by atoms with van der Waals surface area (Å²) in [5.74, 6) is 0.362. The Bertz CT molecular complexity index is 470. The van der Waals surface area contributed by atoms with E-state index in [0.717, 1.165) is 12.1 Å². The number of nitrogens with zero attached hydrogens (tertiary/aromatic N) is 2. The van der Waals surface area contributed by atoms with Crippen molar-refractivity contribution in [2.75, 3.05) is 13.1 Å². The highest BCUT2D eigenvalue weighted by Crippen LogP contribution is 2.33. The molecular formula is C13H18FN3. The van der Waals surface area contributed by atoms with Gasteiger partial charge in [-0.25, -0.2) is 4.39 Å². The molecule has 0 aromatic heterocycles. The smallest absolute Gasteiger partial charge is 0.192 e. The quantitative estimate of drug-likeness (QED) is 0.851. The average molecular weight is 235 g/mol. The zero-order chi connectivity index (χ0) is 12.6.